The molecule has 2 amide bonds. The average molecular weight is 389 g/mol. The lowest BCUT2D eigenvalue weighted by molar-refractivity contribution is -0.147. The van der Waals surface area contributed by atoms with E-state index in [4.69, 9.17) is 21.7 Å². The van der Waals surface area contributed by atoms with Crippen LogP contribution < -0.4 is 16.8 Å². The number of hydrogen-bond donors (Lipinski definition) is 6. The number of hydrogen-bond acceptors (Lipinski definition) is 8. The highest BCUT2D eigenvalue weighted by Gasteiger charge is 2.29. The summed E-state index contributed by atoms with van der Waals surface area (Å²) in [5.74, 6) is -6.27. The molecule has 0 aromatic heterocycles. The normalized spacial score (nSPS) is 15.3. The molecule has 4 atom stereocenters. The number of Topliss-reactive ketones (excluding diaryl/α,β-unsaturated/α-hetero) is 2. The molecule has 11 nitrogen and oxygen atoms in total. The number of nitrogens with one attached hydrogen (secondary N) is 1. The van der Waals surface area contributed by atoms with Crippen LogP contribution in [0.2, 0.25) is 0 Å². The summed E-state index contributed by atoms with van der Waals surface area (Å²) in [6.07, 6.45) is -2.38. The average Bonchev–Trinajstić information content (AvgIpc) is 2.59. The number of rotatable bonds is 14. The number of carbonyl (C=O) groups excluding carboxylic acids is 4. The molecule has 11 heteroatoms. The minimum Gasteiger partial charge on any atom is -0.481 e. The van der Waals surface area contributed by atoms with E-state index in [0.29, 0.717) is 0 Å². The standard InChI is InChI=1S/C16H27N3O8/c1-8(21)11(16(26)27)5-10(22)4-9(2-3-14(18)24)15(25)19-6-13(23)12(17)7-20/h8-9,11-12,20-21H,2-7,17H2,1H3,(H2,18,24)(H,19,25)(H,26,27)/t8?,9-,11+,12+/m1/s1. The summed E-state index contributed by atoms with van der Waals surface area (Å²) in [5, 5.41) is 29.5. The third-order valence-electron chi connectivity index (χ3n) is 3.98. The monoisotopic (exact) mass is 389 g/mol. The molecule has 1 unspecified atom stereocenters. The van der Waals surface area contributed by atoms with Crippen LogP contribution >= 0.6 is 0 Å². The van der Waals surface area contributed by atoms with Gasteiger partial charge in [-0.1, -0.05) is 0 Å². The predicted octanol–water partition coefficient (Wildman–Crippen LogP) is -2.70. The molecular weight excluding hydrogens is 362 g/mol. The van der Waals surface area contributed by atoms with Crippen molar-refractivity contribution >= 4 is 29.4 Å². The van der Waals surface area contributed by atoms with E-state index in [1.165, 1.54) is 6.92 Å². The molecule has 0 fully saturated rings. The Morgan fingerprint density at radius 1 is 1.11 bits per heavy atom. The third kappa shape index (κ3) is 9.78. The molecule has 0 radical (unpaired) electrons. The van der Waals surface area contributed by atoms with Gasteiger partial charge >= 0.3 is 5.97 Å². The first kappa shape index (κ1) is 24.6. The molecule has 0 aliphatic carbocycles. The zero-order valence-corrected chi connectivity index (χ0v) is 15.1. The fraction of sp³-hybridized carbons (Fsp3) is 0.688. The van der Waals surface area contributed by atoms with Crippen molar-refractivity contribution in [1.29, 1.82) is 0 Å². The summed E-state index contributed by atoms with van der Waals surface area (Å²) >= 11 is 0. The maximum atomic E-state index is 12.2. The Bertz CT molecular complexity index is 564. The number of ketones is 2. The predicted molar refractivity (Wildman–Crippen MR) is 92.0 cm³/mol. The summed E-state index contributed by atoms with van der Waals surface area (Å²) in [6.45, 7) is 0.181. The molecule has 0 heterocycles. The van der Waals surface area contributed by atoms with E-state index in [2.05, 4.69) is 5.32 Å². The van der Waals surface area contributed by atoms with Crippen LogP contribution in [-0.2, 0) is 24.0 Å². The van der Waals surface area contributed by atoms with Crippen molar-refractivity contribution in [2.75, 3.05) is 13.2 Å². The number of aliphatic hydroxyl groups excluding tert-OH is 2. The number of carboxylic acids is 1. The van der Waals surface area contributed by atoms with Crippen LogP contribution in [0.1, 0.15) is 32.6 Å². The van der Waals surface area contributed by atoms with Crippen LogP contribution in [0.5, 0.6) is 0 Å². The number of aliphatic carboxylic acids is 1. The Hall–Kier alpha value is -2.37. The minimum absolute atomic E-state index is 0.0699. The van der Waals surface area contributed by atoms with Crippen LogP contribution in [0.15, 0.2) is 0 Å². The lowest BCUT2D eigenvalue weighted by Crippen LogP contribution is -2.43. The molecule has 0 spiro atoms. The molecule has 0 rings (SSSR count). The van der Waals surface area contributed by atoms with Crippen molar-refractivity contribution < 1.29 is 39.3 Å². The van der Waals surface area contributed by atoms with Crippen molar-refractivity contribution in [1.82, 2.24) is 5.32 Å². The second-order valence-electron chi connectivity index (χ2n) is 6.31. The SMILES string of the molecule is CC(O)[C@H](CC(=O)C[C@@H](CCC(N)=O)C(=O)NCC(=O)[C@@H](N)CO)C(=O)O. The molecule has 27 heavy (non-hydrogen) atoms. The van der Waals surface area contributed by atoms with Crippen LogP contribution in [-0.4, -0.2) is 70.0 Å². The highest BCUT2D eigenvalue weighted by atomic mass is 16.4. The molecule has 154 valence electrons. The number of amides is 2. The zero-order chi connectivity index (χ0) is 21.1. The quantitative estimate of drug-likeness (QED) is 0.182. The van der Waals surface area contributed by atoms with Crippen LogP contribution in [0.3, 0.4) is 0 Å². The van der Waals surface area contributed by atoms with Gasteiger partial charge in [0, 0.05) is 25.2 Å². The van der Waals surface area contributed by atoms with Crippen molar-refractivity contribution in [3.8, 4) is 0 Å². The molecule has 0 aliphatic rings. The Labute approximate surface area is 156 Å². The fourth-order valence-electron chi connectivity index (χ4n) is 2.26. The highest BCUT2D eigenvalue weighted by molar-refractivity contribution is 5.92. The number of nitrogens with two attached hydrogens (primary N) is 2. The van der Waals surface area contributed by atoms with Crippen LogP contribution in [0, 0.1) is 11.8 Å². The summed E-state index contributed by atoms with van der Waals surface area (Å²) in [5.41, 5.74) is 10.4. The van der Waals surface area contributed by atoms with Gasteiger partial charge in [-0.2, -0.15) is 0 Å². The van der Waals surface area contributed by atoms with Crippen LogP contribution in [0.25, 0.3) is 0 Å². The van der Waals surface area contributed by atoms with Gasteiger partial charge in [-0.05, 0) is 13.3 Å². The van der Waals surface area contributed by atoms with Gasteiger partial charge in [0.2, 0.25) is 11.8 Å². The lowest BCUT2D eigenvalue weighted by Gasteiger charge is -2.18. The molecule has 0 saturated heterocycles. The van der Waals surface area contributed by atoms with Crippen molar-refractivity contribution in [3.63, 3.8) is 0 Å². The summed E-state index contributed by atoms with van der Waals surface area (Å²) in [7, 11) is 0. The van der Waals surface area contributed by atoms with Gasteiger partial charge in [-0.3, -0.25) is 24.0 Å². The second kappa shape index (κ2) is 12.1. The molecule has 0 bridgehead atoms. The molecule has 0 aliphatic heterocycles. The number of carbonyl (C=O) groups is 5. The summed E-state index contributed by atoms with van der Waals surface area (Å²) < 4.78 is 0. The number of carboxylic acid groups (broad SMARTS) is 1. The lowest BCUT2D eigenvalue weighted by atomic mass is 9.90. The topological polar surface area (TPSA) is 210 Å². The van der Waals surface area contributed by atoms with E-state index in [1.807, 2.05) is 0 Å². The maximum Gasteiger partial charge on any atom is 0.309 e. The Morgan fingerprint density at radius 2 is 1.70 bits per heavy atom. The largest absolute Gasteiger partial charge is 0.481 e. The first-order valence-corrected chi connectivity index (χ1v) is 8.37. The second-order valence-corrected chi connectivity index (χ2v) is 6.31. The first-order chi connectivity index (χ1) is 12.5. The van der Waals surface area contributed by atoms with E-state index in [9.17, 15) is 29.1 Å². The van der Waals surface area contributed by atoms with Crippen molar-refractivity contribution in [2.45, 2.75) is 44.8 Å². The van der Waals surface area contributed by atoms with Gasteiger partial charge in [0.25, 0.3) is 0 Å². The van der Waals surface area contributed by atoms with E-state index < -0.39 is 72.9 Å². The molecule has 8 N–H and O–H groups in total. The Kier molecular flexibility index (Phi) is 11.0. The molecular formula is C16H27N3O8. The molecule has 0 saturated carbocycles. The first-order valence-electron chi connectivity index (χ1n) is 8.37. The Balaban J connectivity index is 4.94. The van der Waals surface area contributed by atoms with E-state index in [0.717, 1.165) is 0 Å². The smallest absolute Gasteiger partial charge is 0.309 e. The summed E-state index contributed by atoms with van der Waals surface area (Å²) in [6, 6.07) is -1.15. The van der Waals surface area contributed by atoms with Gasteiger partial charge in [-0.15, -0.1) is 0 Å². The highest BCUT2D eigenvalue weighted by Crippen LogP contribution is 2.17. The van der Waals surface area contributed by atoms with Gasteiger partial charge < -0.3 is 32.1 Å². The minimum atomic E-state index is -1.35. The maximum absolute atomic E-state index is 12.2. The van der Waals surface area contributed by atoms with Gasteiger partial charge in [0.05, 0.1) is 31.2 Å². The fourth-order valence-corrected chi connectivity index (χ4v) is 2.26. The zero-order valence-electron chi connectivity index (χ0n) is 15.1. The molecule has 0 aromatic carbocycles. The summed E-state index contributed by atoms with van der Waals surface area (Å²) in [4.78, 5) is 57.9. The number of aliphatic hydroxyl groups is 2. The van der Waals surface area contributed by atoms with E-state index >= 15 is 0 Å². The van der Waals surface area contributed by atoms with Gasteiger partial charge in [-0.25, -0.2) is 0 Å². The van der Waals surface area contributed by atoms with Gasteiger partial charge in [0.15, 0.2) is 5.78 Å². The Morgan fingerprint density at radius 3 is 2.15 bits per heavy atom. The van der Waals surface area contributed by atoms with E-state index in [1.54, 1.807) is 0 Å². The van der Waals surface area contributed by atoms with Crippen molar-refractivity contribution in [2.24, 2.45) is 23.3 Å². The molecule has 0 aromatic rings. The van der Waals surface area contributed by atoms with Crippen molar-refractivity contribution in [3.05, 3.63) is 0 Å². The van der Waals surface area contributed by atoms with E-state index in [-0.39, 0.29) is 19.3 Å². The third-order valence-corrected chi connectivity index (χ3v) is 3.98. The van der Waals surface area contributed by atoms with Gasteiger partial charge in [0.1, 0.15) is 5.78 Å². The van der Waals surface area contributed by atoms with Crippen LogP contribution in [0.4, 0.5) is 0 Å². The number of primary amides is 1.